The van der Waals surface area contributed by atoms with Crippen molar-refractivity contribution in [2.24, 2.45) is 0 Å². The summed E-state index contributed by atoms with van der Waals surface area (Å²) >= 11 is 1.46. The Morgan fingerprint density at radius 3 is 1.67 bits per heavy atom. The van der Waals surface area contributed by atoms with Crippen LogP contribution in [-0.2, 0) is 41.5 Å². The van der Waals surface area contributed by atoms with Gasteiger partial charge < -0.3 is 24.8 Å². The van der Waals surface area contributed by atoms with Crippen molar-refractivity contribution >= 4 is 14.4 Å². The van der Waals surface area contributed by atoms with E-state index in [0.29, 0.717) is 0 Å². The summed E-state index contributed by atoms with van der Waals surface area (Å²) in [6, 6.07) is 37.3. The molecule has 0 aliphatic heterocycles. The van der Waals surface area contributed by atoms with Crippen LogP contribution in [0.4, 0.5) is 0 Å². The number of halogens is 2. The van der Waals surface area contributed by atoms with Crippen molar-refractivity contribution in [2.45, 2.75) is 72.6 Å². The molecule has 0 nitrogen and oxygen atoms in total. The van der Waals surface area contributed by atoms with Gasteiger partial charge in [-0.2, -0.15) is 23.3 Å². The summed E-state index contributed by atoms with van der Waals surface area (Å²) in [6.45, 7) is 17.9. The number of hydrogen-bond donors (Lipinski definition) is 0. The van der Waals surface area contributed by atoms with Crippen molar-refractivity contribution in [3.05, 3.63) is 171 Å². The first-order valence-corrected chi connectivity index (χ1v) is 17.6. The summed E-state index contributed by atoms with van der Waals surface area (Å²) < 4.78 is 1.42. The van der Waals surface area contributed by atoms with Crippen LogP contribution in [0.3, 0.4) is 0 Å². The van der Waals surface area contributed by atoms with Crippen LogP contribution in [0.1, 0.15) is 97.2 Å². The number of aryl methyl sites for hydroxylation is 2. The van der Waals surface area contributed by atoms with Crippen LogP contribution in [-0.4, -0.2) is 3.21 Å². The first kappa shape index (κ1) is 37.9. The Bertz CT molecular complexity index is 1860. The Balaban J connectivity index is 0.000000191. The molecule has 0 amide bonds. The zero-order chi connectivity index (χ0) is 32.8. The van der Waals surface area contributed by atoms with Crippen molar-refractivity contribution < 1.29 is 49.0 Å². The maximum atomic E-state index is 3.65. The fraction of sp³-hybridized carbons (Fsp3) is 0.244. The molecule has 3 aliphatic rings. The standard InChI is InChI=1S/C25H25.C13H10.C7H9.2ClH.Zr/c1-14-12-24(3,4)22-8-16-7-17-9-23-19(15(2)13-25(23,5)6)11-21(17)20(16)10-18(14)22;1-3-7-12(8-4-1)11-13-9-5-2-6-10-13;1-6-3-4-7(2)5-6;;;/h8-12H,7H2,1-6H3;1-10H;3-5H,1-2H3;2*1H;/q-1;;-1;;;+2/p-2. The third kappa shape index (κ3) is 7.60. The van der Waals surface area contributed by atoms with E-state index in [1.807, 2.05) is 0 Å². The van der Waals surface area contributed by atoms with E-state index in [9.17, 15) is 0 Å². The van der Waals surface area contributed by atoms with E-state index in [2.05, 4.69) is 171 Å². The van der Waals surface area contributed by atoms with Gasteiger partial charge in [0.2, 0.25) is 0 Å². The second kappa shape index (κ2) is 14.9. The third-order valence-electron chi connectivity index (χ3n) is 9.62. The van der Waals surface area contributed by atoms with E-state index in [1.54, 1.807) is 0 Å². The fourth-order valence-electron chi connectivity index (χ4n) is 7.37. The summed E-state index contributed by atoms with van der Waals surface area (Å²) in [5.41, 5.74) is 19.9. The van der Waals surface area contributed by atoms with Crippen LogP contribution in [0.25, 0.3) is 22.3 Å². The molecule has 48 heavy (non-hydrogen) atoms. The zero-order valence-electron chi connectivity index (χ0n) is 29.4. The molecule has 0 bridgehead atoms. The number of benzene rings is 4. The molecule has 8 rings (SSSR count). The summed E-state index contributed by atoms with van der Waals surface area (Å²) in [6.07, 6.45) is 7.13. The average Bonchev–Trinajstić information content (AvgIpc) is 3.72. The van der Waals surface area contributed by atoms with Crippen molar-refractivity contribution in [1.29, 1.82) is 0 Å². The molecule has 5 aromatic rings. The van der Waals surface area contributed by atoms with E-state index >= 15 is 0 Å². The first-order valence-electron chi connectivity index (χ1n) is 16.4. The van der Waals surface area contributed by atoms with Gasteiger partial charge in [-0.05, 0) is 58.4 Å². The van der Waals surface area contributed by atoms with Gasteiger partial charge in [0.15, 0.2) is 0 Å². The third-order valence-corrected chi connectivity index (χ3v) is 11.0. The Morgan fingerprint density at radius 2 is 1.19 bits per heavy atom. The molecule has 0 spiro atoms. The molecule has 5 aromatic carbocycles. The molecule has 0 unspecified atom stereocenters. The second-order valence-corrected chi connectivity index (χ2v) is 15.5. The molecule has 0 saturated heterocycles. The molecule has 0 N–H and O–H groups in total. The number of rotatable bonds is 2. The van der Waals surface area contributed by atoms with E-state index in [1.165, 1.54) is 105 Å². The summed E-state index contributed by atoms with van der Waals surface area (Å²) in [4.78, 5) is 0. The van der Waals surface area contributed by atoms with Crippen molar-refractivity contribution in [3.63, 3.8) is 0 Å². The van der Waals surface area contributed by atoms with Gasteiger partial charge in [0.1, 0.15) is 0 Å². The van der Waals surface area contributed by atoms with Gasteiger partial charge in [-0.15, -0.1) is 11.6 Å². The minimum absolute atomic E-state index is 0. The van der Waals surface area contributed by atoms with Crippen molar-refractivity contribution in [1.82, 2.24) is 0 Å². The van der Waals surface area contributed by atoms with Gasteiger partial charge in [0.25, 0.3) is 0 Å². The van der Waals surface area contributed by atoms with Crippen LogP contribution < -0.4 is 24.8 Å². The molecule has 0 fully saturated rings. The van der Waals surface area contributed by atoms with Gasteiger partial charge in [0.05, 0.1) is 0 Å². The molecular weight excluding hydrogens is 703 g/mol. The Morgan fingerprint density at radius 1 is 0.667 bits per heavy atom. The molecule has 0 radical (unpaired) electrons. The van der Waals surface area contributed by atoms with Crippen LogP contribution in [0.5, 0.6) is 0 Å². The van der Waals surface area contributed by atoms with Crippen molar-refractivity contribution in [2.75, 3.05) is 0 Å². The van der Waals surface area contributed by atoms with Crippen LogP contribution in [0.2, 0.25) is 0 Å². The predicted octanol–water partition coefficient (Wildman–Crippen LogP) is 5.28. The van der Waals surface area contributed by atoms with E-state index in [0.717, 1.165) is 6.42 Å². The van der Waals surface area contributed by atoms with E-state index in [-0.39, 0.29) is 35.6 Å². The van der Waals surface area contributed by atoms with Gasteiger partial charge in [0, 0.05) is 5.41 Å². The predicted molar refractivity (Wildman–Crippen MR) is 194 cm³/mol. The monoisotopic (exact) mass is 744 g/mol. The number of hydrogen-bond acceptors (Lipinski definition) is 0. The molecule has 0 atom stereocenters. The Hall–Kier alpha value is -2.96. The topological polar surface area (TPSA) is 0 Å². The Kier molecular flexibility index (Phi) is 11.7. The molecule has 0 heterocycles. The van der Waals surface area contributed by atoms with Crippen LogP contribution in [0.15, 0.2) is 109 Å². The van der Waals surface area contributed by atoms with Crippen LogP contribution in [0, 0.1) is 19.9 Å². The normalized spacial score (nSPS) is 15.0. The van der Waals surface area contributed by atoms with E-state index in [4.69, 9.17) is 0 Å². The van der Waals surface area contributed by atoms with Crippen molar-refractivity contribution in [3.8, 4) is 11.1 Å². The molecule has 3 aliphatic carbocycles. The van der Waals surface area contributed by atoms with E-state index < -0.39 is 0 Å². The van der Waals surface area contributed by atoms with Gasteiger partial charge >= 0.3 is 99.2 Å². The average molecular weight is 747 g/mol. The van der Waals surface area contributed by atoms with Gasteiger partial charge in [-0.3, -0.25) is 6.08 Å². The number of allylic oxidation sites excluding steroid dienone is 4. The number of fused-ring (bicyclic) bond motifs is 5. The SMILES string of the molecule is CC1=[C-]C(C)(C)c2cc3c(cc21)-c1cc2c(cc1C3)C(C)(C)C=C2C.Cc1c[cH-]c(C)c1.[Cl-].[Cl-].[Zr+2]=[C](c1ccccc1)c1ccccc1. The summed E-state index contributed by atoms with van der Waals surface area (Å²) in [7, 11) is 0. The molecule has 0 aromatic heterocycles. The molecule has 3 heteroatoms. The first-order chi connectivity index (χ1) is 21.8. The quantitative estimate of drug-likeness (QED) is 0.212. The van der Waals surface area contributed by atoms with Gasteiger partial charge in [-0.25, -0.2) is 17.2 Å². The second-order valence-electron chi connectivity index (χ2n) is 14.3. The Labute approximate surface area is 315 Å². The molecular formula is C45H44Cl2Zr-2. The molecule has 0 saturated carbocycles. The fourth-order valence-corrected chi connectivity index (χ4v) is 8.19. The summed E-state index contributed by atoms with van der Waals surface area (Å²) in [5.74, 6) is 0. The maximum absolute atomic E-state index is 3.65. The van der Waals surface area contributed by atoms with Crippen LogP contribution >= 0.6 is 0 Å². The zero-order valence-corrected chi connectivity index (χ0v) is 33.3. The molecule has 244 valence electrons. The minimum atomic E-state index is 0. The summed E-state index contributed by atoms with van der Waals surface area (Å²) in [5, 5.41) is 0. The van der Waals surface area contributed by atoms with Gasteiger partial charge in [-0.1, -0.05) is 72.1 Å².